The highest BCUT2D eigenvalue weighted by Crippen LogP contribution is 2.26. The molecular formula is C14H23NO3S. The number of hydrogen-bond acceptors (Lipinski definition) is 4. The van der Waals surface area contributed by atoms with Gasteiger partial charge in [-0.2, -0.15) is 0 Å². The highest BCUT2D eigenvalue weighted by Gasteiger charge is 2.12. The third kappa shape index (κ3) is 4.84. The first-order chi connectivity index (χ1) is 8.89. The minimum absolute atomic E-state index is 0.0603. The zero-order chi connectivity index (χ0) is 14.5. The van der Waals surface area contributed by atoms with E-state index in [2.05, 4.69) is 11.4 Å². The van der Waals surface area contributed by atoms with Crippen molar-refractivity contribution in [2.45, 2.75) is 26.8 Å². The molecule has 0 aliphatic carbocycles. The summed E-state index contributed by atoms with van der Waals surface area (Å²) in [4.78, 5) is 0. The van der Waals surface area contributed by atoms with Crippen molar-refractivity contribution in [3.05, 3.63) is 29.3 Å². The molecule has 0 saturated carbocycles. The fourth-order valence-electron chi connectivity index (χ4n) is 1.72. The van der Waals surface area contributed by atoms with Gasteiger partial charge in [0.05, 0.1) is 5.75 Å². The van der Waals surface area contributed by atoms with E-state index in [-0.39, 0.29) is 24.2 Å². The van der Waals surface area contributed by atoms with Gasteiger partial charge in [-0.15, -0.1) is 0 Å². The van der Waals surface area contributed by atoms with Crippen molar-refractivity contribution in [3.8, 4) is 5.75 Å². The number of nitrogens with one attached hydrogen (secondary N) is 1. The third-order valence-electron chi connectivity index (χ3n) is 3.16. The van der Waals surface area contributed by atoms with E-state index >= 15 is 0 Å². The van der Waals surface area contributed by atoms with Gasteiger partial charge in [-0.25, -0.2) is 8.42 Å². The Balaban J connectivity index is 2.78. The van der Waals surface area contributed by atoms with Crippen molar-refractivity contribution < 1.29 is 13.2 Å². The van der Waals surface area contributed by atoms with Crippen molar-refractivity contribution in [2.75, 3.05) is 25.2 Å². The van der Waals surface area contributed by atoms with Gasteiger partial charge in [-0.05, 0) is 27.0 Å². The lowest BCUT2D eigenvalue weighted by Crippen LogP contribution is -2.18. The Morgan fingerprint density at radius 2 is 2.05 bits per heavy atom. The van der Waals surface area contributed by atoms with Gasteiger partial charge in [-0.1, -0.05) is 24.6 Å². The van der Waals surface area contributed by atoms with Crippen molar-refractivity contribution in [1.29, 1.82) is 0 Å². The summed E-state index contributed by atoms with van der Waals surface area (Å²) in [6.07, 6.45) is 0. The summed E-state index contributed by atoms with van der Waals surface area (Å²) in [7, 11) is -1.09. The average molecular weight is 285 g/mol. The van der Waals surface area contributed by atoms with Crippen LogP contribution in [-0.2, 0) is 9.84 Å². The molecule has 0 bridgehead atoms. The number of rotatable bonds is 7. The SMILES string of the molecule is CCS(=O)(=O)CCOc1ccc(C)cc1C(C)NC. The topological polar surface area (TPSA) is 55.4 Å². The fraction of sp³-hybridized carbons (Fsp3) is 0.571. The van der Waals surface area contributed by atoms with Crippen LogP contribution in [0, 0.1) is 6.92 Å². The van der Waals surface area contributed by atoms with Gasteiger partial charge in [0.2, 0.25) is 0 Å². The van der Waals surface area contributed by atoms with E-state index in [0.717, 1.165) is 16.9 Å². The third-order valence-corrected chi connectivity index (χ3v) is 4.82. The van der Waals surface area contributed by atoms with E-state index in [9.17, 15) is 8.42 Å². The molecular weight excluding hydrogens is 262 g/mol. The molecule has 5 heteroatoms. The Morgan fingerprint density at radius 1 is 1.37 bits per heavy atom. The summed E-state index contributed by atoms with van der Waals surface area (Å²) < 4.78 is 28.5. The molecule has 1 rings (SSSR count). The maximum atomic E-state index is 11.4. The quantitative estimate of drug-likeness (QED) is 0.833. The molecule has 19 heavy (non-hydrogen) atoms. The molecule has 1 unspecified atom stereocenters. The second-order valence-corrected chi connectivity index (χ2v) is 7.11. The largest absolute Gasteiger partial charge is 0.492 e. The zero-order valence-corrected chi connectivity index (χ0v) is 12.9. The minimum atomic E-state index is -2.98. The lowest BCUT2D eigenvalue weighted by molar-refractivity contribution is 0.334. The predicted octanol–water partition coefficient (Wildman–Crippen LogP) is 2.09. The molecule has 4 nitrogen and oxygen atoms in total. The van der Waals surface area contributed by atoms with Gasteiger partial charge in [0.15, 0.2) is 9.84 Å². The molecule has 1 atom stereocenters. The molecule has 1 N–H and O–H groups in total. The van der Waals surface area contributed by atoms with Crippen molar-refractivity contribution >= 4 is 9.84 Å². The highest BCUT2D eigenvalue weighted by molar-refractivity contribution is 7.91. The Kier molecular flexibility index (Phi) is 5.82. The molecule has 108 valence electrons. The van der Waals surface area contributed by atoms with Gasteiger partial charge >= 0.3 is 0 Å². The monoisotopic (exact) mass is 285 g/mol. The summed E-state index contributed by atoms with van der Waals surface area (Å²) in [5, 5.41) is 3.17. The number of ether oxygens (including phenoxy) is 1. The summed E-state index contributed by atoms with van der Waals surface area (Å²) in [6.45, 7) is 5.92. The molecule has 1 aromatic carbocycles. The number of benzene rings is 1. The lowest BCUT2D eigenvalue weighted by atomic mass is 10.0. The molecule has 0 aromatic heterocycles. The van der Waals surface area contributed by atoms with Crippen LogP contribution in [0.1, 0.15) is 31.0 Å². The molecule has 0 aliphatic heterocycles. The summed E-state index contributed by atoms with van der Waals surface area (Å²) in [6, 6.07) is 6.09. The molecule has 0 spiro atoms. The number of sulfone groups is 1. The van der Waals surface area contributed by atoms with Crippen LogP contribution in [-0.4, -0.2) is 33.6 Å². The first kappa shape index (κ1) is 16.0. The van der Waals surface area contributed by atoms with Crippen LogP contribution in [0.4, 0.5) is 0 Å². The molecule has 1 aromatic rings. The first-order valence-electron chi connectivity index (χ1n) is 6.50. The van der Waals surface area contributed by atoms with Crippen molar-refractivity contribution in [2.24, 2.45) is 0 Å². The fourth-order valence-corrected chi connectivity index (χ4v) is 2.34. The van der Waals surface area contributed by atoms with Gasteiger partial charge < -0.3 is 10.1 Å². The molecule has 0 heterocycles. The zero-order valence-electron chi connectivity index (χ0n) is 12.1. The molecule has 0 saturated heterocycles. The second kappa shape index (κ2) is 6.91. The smallest absolute Gasteiger partial charge is 0.153 e. The van der Waals surface area contributed by atoms with E-state index in [1.165, 1.54) is 0 Å². The van der Waals surface area contributed by atoms with Crippen LogP contribution in [0.15, 0.2) is 18.2 Å². The van der Waals surface area contributed by atoms with Crippen LogP contribution in [0.5, 0.6) is 5.75 Å². The van der Waals surface area contributed by atoms with Gasteiger partial charge in [0.25, 0.3) is 0 Å². The second-order valence-electron chi connectivity index (χ2n) is 4.64. The normalized spacial score (nSPS) is 13.3. The highest BCUT2D eigenvalue weighted by atomic mass is 32.2. The van der Waals surface area contributed by atoms with Crippen LogP contribution < -0.4 is 10.1 Å². The maximum Gasteiger partial charge on any atom is 0.153 e. The minimum Gasteiger partial charge on any atom is -0.492 e. The van der Waals surface area contributed by atoms with E-state index in [4.69, 9.17) is 4.74 Å². The van der Waals surface area contributed by atoms with E-state index in [0.29, 0.717) is 0 Å². The first-order valence-corrected chi connectivity index (χ1v) is 8.32. The van der Waals surface area contributed by atoms with Gasteiger partial charge in [0, 0.05) is 17.4 Å². The molecule has 0 amide bonds. The number of hydrogen-bond donors (Lipinski definition) is 1. The van der Waals surface area contributed by atoms with Crippen LogP contribution in [0.2, 0.25) is 0 Å². The summed E-state index contributed by atoms with van der Waals surface area (Å²) in [5.41, 5.74) is 2.21. The van der Waals surface area contributed by atoms with E-state index in [1.54, 1.807) is 6.92 Å². The lowest BCUT2D eigenvalue weighted by Gasteiger charge is -2.17. The standard InChI is InChI=1S/C14H23NO3S/c1-5-19(16,17)9-8-18-14-7-6-11(2)10-13(14)12(3)15-4/h6-7,10,12,15H,5,8-9H2,1-4H3. The average Bonchev–Trinajstić information content (AvgIpc) is 2.39. The molecule has 0 radical (unpaired) electrons. The van der Waals surface area contributed by atoms with Crippen molar-refractivity contribution in [1.82, 2.24) is 5.32 Å². The number of aryl methyl sites for hydroxylation is 1. The Bertz CT molecular complexity index is 511. The van der Waals surface area contributed by atoms with E-state index < -0.39 is 9.84 Å². The predicted molar refractivity (Wildman–Crippen MR) is 78.5 cm³/mol. The maximum absolute atomic E-state index is 11.4. The van der Waals surface area contributed by atoms with Gasteiger partial charge in [-0.3, -0.25) is 0 Å². The summed E-state index contributed by atoms with van der Waals surface area (Å²) in [5.74, 6) is 0.966. The van der Waals surface area contributed by atoms with Gasteiger partial charge in [0.1, 0.15) is 12.4 Å². The van der Waals surface area contributed by atoms with Crippen LogP contribution in [0.25, 0.3) is 0 Å². The van der Waals surface area contributed by atoms with E-state index in [1.807, 2.05) is 33.0 Å². The van der Waals surface area contributed by atoms with Crippen LogP contribution >= 0.6 is 0 Å². The Hall–Kier alpha value is -1.07. The molecule has 0 aliphatic rings. The molecule has 0 fully saturated rings. The summed E-state index contributed by atoms with van der Waals surface area (Å²) >= 11 is 0. The Labute approximate surface area is 116 Å². The Morgan fingerprint density at radius 3 is 2.63 bits per heavy atom. The van der Waals surface area contributed by atoms with Crippen LogP contribution in [0.3, 0.4) is 0 Å². The van der Waals surface area contributed by atoms with Crippen molar-refractivity contribution in [3.63, 3.8) is 0 Å².